The van der Waals surface area contributed by atoms with Gasteiger partial charge in [-0.2, -0.15) is 0 Å². The maximum Gasteiger partial charge on any atom is 0.306 e. The van der Waals surface area contributed by atoms with E-state index in [1.54, 1.807) is 12.1 Å². The van der Waals surface area contributed by atoms with E-state index in [-0.39, 0.29) is 18.5 Å². The fourth-order valence-corrected chi connectivity index (χ4v) is 4.04. The first-order valence-electron chi connectivity index (χ1n) is 7.81. The number of rotatable bonds is 5. The summed E-state index contributed by atoms with van der Waals surface area (Å²) < 4.78 is 6.06. The van der Waals surface area contributed by atoms with Gasteiger partial charge in [0, 0.05) is 16.6 Å². The third-order valence-corrected chi connectivity index (χ3v) is 5.33. The molecule has 1 aromatic rings. The third-order valence-electron chi connectivity index (χ3n) is 4.81. The van der Waals surface area contributed by atoms with Crippen molar-refractivity contribution in [3.05, 3.63) is 28.7 Å². The van der Waals surface area contributed by atoms with Gasteiger partial charge in [-0.05, 0) is 61.3 Å². The standard InChI is InChI=1S/C17H20BrNO3/c18-14-3-5-15(6-4-14)19-16(20)10-22-17(21)9-13-8-11-1-2-12(13)7-11/h3-6,11-13H,1-2,7-10H2,(H,19,20)/t11-,12-,13+/m0/s1. The molecule has 2 bridgehead atoms. The average molecular weight is 366 g/mol. The molecule has 118 valence electrons. The minimum absolute atomic E-state index is 0.213. The third kappa shape index (κ3) is 3.88. The monoisotopic (exact) mass is 365 g/mol. The molecule has 0 radical (unpaired) electrons. The van der Waals surface area contributed by atoms with E-state index in [1.807, 2.05) is 12.1 Å². The number of esters is 1. The predicted molar refractivity (Wildman–Crippen MR) is 87.3 cm³/mol. The molecule has 2 saturated carbocycles. The summed E-state index contributed by atoms with van der Waals surface area (Å²) in [4.78, 5) is 23.6. The summed E-state index contributed by atoms with van der Waals surface area (Å²) in [6.45, 7) is -0.213. The lowest BCUT2D eigenvalue weighted by Gasteiger charge is -2.20. The molecule has 1 amide bonds. The summed E-state index contributed by atoms with van der Waals surface area (Å²) in [5.41, 5.74) is 0.692. The first kappa shape index (κ1) is 15.5. The number of benzene rings is 1. The number of carbonyl (C=O) groups excluding carboxylic acids is 2. The van der Waals surface area contributed by atoms with Gasteiger partial charge in [0.1, 0.15) is 0 Å². The maximum absolute atomic E-state index is 11.9. The molecule has 2 aliphatic carbocycles. The molecule has 5 heteroatoms. The van der Waals surface area contributed by atoms with Crippen LogP contribution >= 0.6 is 15.9 Å². The Hall–Kier alpha value is -1.36. The van der Waals surface area contributed by atoms with Crippen LogP contribution in [0.3, 0.4) is 0 Å². The number of fused-ring (bicyclic) bond motifs is 2. The molecule has 3 rings (SSSR count). The highest BCUT2D eigenvalue weighted by molar-refractivity contribution is 9.10. The number of ether oxygens (including phenoxy) is 1. The normalized spacial score (nSPS) is 26.0. The molecule has 2 fully saturated rings. The molecule has 2 aliphatic rings. The van der Waals surface area contributed by atoms with Crippen molar-refractivity contribution < 1.29 is 14.3 Å². The van der Waals surface area contributed by atoms with Gasteiger partial charge < -0.3 is 10.1 Å². The van der Waals surface area contributed by atoms with Crippen LogP contribution in [-0.4, -0.2) is 18.5 Å². The second-order valence-corrected chi connectivity index (χ2v) is 7.27. The number of hydrogen-bond donors (Lipinski definition) is 1. The summed E-state index contributed by atoms with van der Waals surface area (Å²) in [5.74, 6) is 1.45. The van der Waals surface area contributed by atoms with E-state index in [4.69, 9.17) is 4.74 Å². The number of amides is 1. The predicted octanol–water partition coefficient (Wildman–Crippen LogP) is 3.76. The molecule has 0 aromatic heterocycles. The van der Waals surface area contributed by atoms with Gasteiger partial charge in [-0.25, -0.2) is 0 Å². The van der Waals surface area contributed by atoms with Crippen LogP contribution in [0.15, 0.2) is 28.7 Å². The number of hydrogen-bond acceptors (Lipinski definition) is 3. The lowest BCUT2D eigenvalue weighted by Crippen LogP contribution is -2.23. The van der Waals surface area contributed by atoms with Crippen molar-refractivity contribution >= 4 is 33.5 Å². The van der Waals surface area contributed by atoms with Crippen LogP contribution in [0.2, 0.25) is 0 Å². The summed E-state index contributed by atoms with van der Waals surface area (Å²) >= 11 is 3.33. The molecule has 22 heavy (non-hydrogen) atoms. The van der Waals surface area contributed by atoms with Crippen molar-refractivity contribution in [1.29, 1.82) is 0 Å². The van der Waals surface area contributed by atoms with Crippen LogP contribution in [0.25, 0.3) is 0 Å². The van der Waals surface area contributed by atoms with Gasteiger partial charge in [0.25, 0.3) is 5.91 Å². The van der Waals surface area contributed by atoms with E-state index in [1.165, 1.54) is 19.3 Å². The Morgan fingerprint density at radius 2 is 1.95 bits per heavy atom. The van der Waals surface area contributed by atoms with Crippen molar-refractivity contribution in [3.63, 3.8) is 0 Å². The molecular weight excluding hydrogens is 346 g/mol. The van der Waals surface area contributed by atoms with Gasteiger partial charge in [-0.15, -0.1) is 0 Å². The highest BCUT2D eigenvalue weighted by atomic mass is 79.9. The molecule has 0 spiro atoms. The molecule has 0 heterocycles. The van der Waals surface area contributed by atoms with Crippen LogP contribution in [-0.2, 0) is 14.3 Å². The largest absolute Gasteiger partial charge is 0.456 e. The second-order valence-electron chi connectivity index (χ2n) is 6.35. The topological polar surface area (TPSA) is 55.4 Å². The first-order valence-corrected chi connectivity index (χ1v) is 8.60. The molecule has 1 aromatic carbocycles. The second kappa shape index (κ2) is 6.82. The summed E-state index contributed by atoms with van der Waals surface area (Å²) in [7, 11) is 0. The summed E-state index contributed by atoms with van der Waals surface area (Å²) in [6.07, 6.45) is 5.48. The number of anilines is 1. The minimum atomic E-state index is -0.302. The van der Waals surface area contributed by atoms with E-state index in [0.717, 1.165) is 16.8 Å². The van der Waals surface area contributed by atoms with Gasteiger partial charge >= 0.3 is 5.97 Å². The summed E-state index contributed by atoms with van der Waals surface area (Å²) in [6, 6.07) is 7.27. The average Bonchev–Trinajstić information content (AvgIpc) is 3.10. The van der Waals surface area contributed by atoms with Crippen LogP contribution in [0.4, 0.5) is 5.69 Å². The van der Waals surface area contributed by atoms with Crippen LogP contribution in [0.5, 0.6) is 0 Å². The Morgan fingerprint density at radius 1 is 1.18 bits per heavy atom. The van der Waals surface area contributed by atoms with Gasteiger partial charge in [0.05, 0.1) is 0 Å². The van der Waals surface area contributed by atoms with E-state index in [2.05, 4.69) is 21.2 Å². The minimum Gasteiger partial charge on any atom is -0.456 e. The quantitative estimate of drug-likeness (QED) is 0.808. The lowest BCUT2D eigenvalue weighted by atomic mass is 9.86. The van der Waals surface area contributed by atoms with E-state index in [9.17, 15) is 9.59 Å². The Morgan fingerprint density at radius 3 is 2.59 bits per heavy atom. The first-order chi connectivity index (χ1) is 10.6. The summed E-state index contributed by atoms with van der Waals surface area (Å²) in [5, 5.41) is 2.71. The van der Waals surface area contributed by atoms with Crippen molar-refractivity contribution in [2.24, 2.45) is 17.8 Å². The van der Waals surface area contributed by atoms with Crippen LogP contribution in [0, 0.1) is 17.8 Å². The Labute approximate surface area is 138 Å². The van der Waals surface area contributed by atoms with Gasteiger partial charge in [-0.1, -0.05) is 22.4 Å². The Balaban J connectivity index is 1.39. The molecule has 1 N–H and O–H groups in total. The SMILES string of the molecule is O=C(COC(=O)C[C@H]1C[C@H]2CC[C@H]1C2)Nc1ccc(Br)cc1. The maximum atomic E-state index is 11.9. The zero-order valence-electron chi connectivity index (χ0n) is 12.4. The van der Waals surface area contributed by atoms with Crippen molar-refractivity contribution in [1.82, 2.24) is 0 Å². The molecule has 0 aliphatic heterocycles. The van der Waals surface area contributed by atoms with Gasteiger partial charge in [-0.3, -0.25) is 9.59 Å². The Bertz CT molecular complexity index is 558. The highest BCUT2D eigenvalue weighted by Gasteiger charge is 2.40. The van der Waals surface area contributed by atoms with Crippen LogP contribution < -0.4 is 5.32 Å². The number of nitrogens with one attached hydrogen (secondary N) is 1. The molecule has 4 nitrogen and oxygen atoms in total. The fourth-order valence-electron chi connectivity index (χ4n) is 3.78. The highest BCUT2D eigenvalue weighted by Crippen LogP contribution is 2.49. The molecule has 0 saturated heterocycles. The van der Waals surface area contributed by atoms with E-state index < -0.39 is 0 Å². The van der Waals surface area contributed by atoms with Gasteiger partial charge in [0.15, 0.2) is 6.61 Å². The van der Waals surface area contributed by atoms with Crippen molar-refractivity contribution in [2.75, 3.05) is 11.9 Å². The van der Waals surface area contributed by atoms with Gasteiger partial charge in [0.2, 0.25) is 0 Å². The number of carbonyl (C=O) groups is 2. The smallest absolute Gasteiger partial charge is 0.306 e. The van der Waals surface area contributed by atoms with E-state index in [0.29, 0.717) is 23.9 Å². The molecule has 0 unspecified atom stereocenters. The molecular formula is C17H20BrNO3. The van der Waals surface area contributed by atoms with Crippen LogP contribution in [0.1, 0.15) is 32.1 Å². The lowest BCUT2D eigenvalue weighted by molar-refractivity contribution is -0.148. The van der Waals surface area contributed by atoms with Crippen molar-refractivity contribution in [2.45, 2.75) is 32.1 Å². The zero-order valence-corrected chi connectivity index (χ0v) is 14.0. The Kier molecular flexibility index (Phi) is 4.81. The van der Waals surface area contributed by atoms with Crippen molar-refractivity contribution in [3.8, 4) is 0 Å². The zero-order chi connectivity index (χ0) is 15.5. The van der Waals surface area contributed by atoms with E-state index >= 15 is 0 Å². The molecule has 3 atom stereocenters. The fraction of sp³-hybridized carbons (Fsp3) is 0.529. The number of halogens is 1.